The van der Waals surface area contributed by atoms with Crippen molar-refractivity contribution in [2.45, 2.75) is 32.0 Å². The van der Waals surface area contributed by atoms with Crippen LogP contribution in [0.1, 0.15) is 23.6 Å². The standard InChI is InChI=1S/C21H25N5OS/c1-4-16-7-9-17(10-8-16)13-25(3)19(27)14-28-21-24-23-20(26(21)22)18-11-5-15(2)6-12-18/h5-12H,4,13-14,22H2,1-3H3. The molecule has 1 aromatic heterocycles. The zero-order chi connectivity index (χ0) is 20.1. The lowest BCUT2D eigenvalue weighted by Gasteiger charge is -2.17. The molecule has 0 aliphatic rings. The fraction of sp³-hybridized carbons (Fsp3) is 0.286. The third kappa shape index (κ3) is 4.72. The second-order valence-corrected chi connectivity index (χ2v) is 7.69. The van der Waals surface area contributed by atoms with E-state index in [2.05, 4.69) is 41.4 Å². The summed E-state index contributed by atoms with van der Waals surface area (Å²) in [6.45, 7) is 4.73. The van der Waals surface area contributed by atoms with Crippen LogP contribution in [0.4, 0.5) is 0 Å². The summed E-state index contributed by atoms with van der Waals surface area (Å²) >= 11 is 1.29. The number of aromatic nitrogens is 3. The number of nitrogens with two attached hydrogens (primary N) is 1. The van der Waals surface area contributed by atoms with Gasteiger partial charge in [-0.15, -0.1) is 10.2 Å². The maximum Gasteiger partial charge on any atom is 0.233 e. The van der Waals surface area contributed by atoms with Crippen LogP contribution in [0.3, 0.4) is 0 Å². The normalized spacial score (nSPS) is 10.8. The molecule has 0 saturated carbocycles. The number of carbonyl (C=O) groups is 1. The fourth-order valence-electron chi connectivity index (χ4n) is 2.75. The van der Waals surface area contributed by atoms with E-state index in [1.807, 2.05) is 38.2 Å². The SMILES string of the molecule is CCc1ccc(CN(C)C(=O)CSc2nnc(-c3ccc(C)cc3)n2N)cc1. The Balaban J connectivity index is 1.58. The molecule has 2 N–H and O–H groups in total. The zero-order valence-corrected chi connectivity index (χ0v) is 17.2. The topological polar surface area (TPSA) is 77.0 Å². The molecule has 0 fully saturated rings. The summed E-state index contributed by atoms with van der Waals surface area (Å²) in [5.74, 6) is 6.99. The van der Waals surface area contributed by atoms with Crippen LogP contribution in [0.25, 0.3) is 11.4 Å². The van der Waals surface area contributed by atoms with E-state index in [4.69, 9.17) is 5.84 Å². The molecule has 146 valence electrons. The highest BCUT2D eigenvalue weighted by Gasteiger charge is 2.15. The molecule has 0 aliphatic carbocycles. The lowest BCUT2D eigenvalue weighted by Crippen LogP contribution is -2.28. The number of hydrogen-bond acceptors (Lipinski definition) is 5. The zero-order valence-electron chi connectivity index (χ0n) is 16.4. The van der Waals surface area contributed by atoms with Crippen molar-refractivity contribution in [1.82, 2.24) is 19.8 Å². The minimum Gasteiger partial charge on any atom is -0.341 e. The van der Waals surface area contributed by atoms with Crippen molar-refractivity contribution >= 4 is 17.7 Å². The summed E-state index contributed by atoms with van der Waals surface area (Å²) < 4.78 is 1.44. The van der Waals surface area contributed by atoms with Gasteiger partial charge in [0.05, 0.1) is 5.75 Å². The molecule has 2 aromatic carbocycles. The maximum absolute atomic E-state index is 12.5. The lowest BCUT2D eigenvalue weighted by atomic mass is 10.1. The quantitative estimate of drug-likeness (QED) is 0.491. The maximum atomic E-state index is 12.5. The Kier molecular flexibility index (Phi) is 6.36. The molecule has 6 nitrogen and oxygen atoms in total. The van der Waals surface area contributed by atoms with Gasteiger partial charge >= 0.3 is 0 Å². The average molecular weight is 396 g/mol. The number of amides is 1. The molecule has 3 aromatic rings. The highest BCUT2D eigenvalue weighted by atomic mass is 32.2. The molecule has 1 heterocycles. The number of rotatable bonds is 7. The van der Waals surface area contributed by atoms with E-state index in [0.717, 1.165) is 17.5 Å². The molecule has 28 heavy (non-hydrogen) atoms. The first-order valence-corrected chi connectivity index (χ1v) is 10.2. The van der Waals surface area contributed by atoms with E-state index in [1.165, 1.54) is 27.6 Å². The van der Waals surface area contributed by atoms with Crippen LogP contribution in [-0.2, 0) is 17.8 Å². The predicted octanol–water partition coefficient (Wildman–Crippen LogP) is 3.28. The largest absolute Gasteiger partial charge is 0.341 e. The van der Waals surface area contributed by atoms with Gasteiger partial charge in [0.2, 0.25) is 11.1 Å². The fourth-order valence-corrected chi connectivity index (χ4v) is 3.55. The molecule has 0 unspecified atom stereocenters. The van der Waals surface area contributed by atoms with Gasteiger partial charge in [0.15, 0.2) is 5.82 Å². The molecule has 0 spiro atoms. The summed E-state index contributed by atoms with van der Waals surface area (Å²) in [5, 5.41) is 8.81. The Bertz CT molecular complexity index is 934. The third-order valence-electron chi connectivity index (χ3n) is 4.58. The van der Waals surface area contributed by atoms with E-state index in [9.17, 15) is 4.79 Å². The molecule has 0 aliphatic heterocycles. The molecular formula is C21H25N5OS. The number of carbonyl (C=O) groups excluding carboxylic acids is 1. The highest BCUT2D eigenvalue weighted by molar-refractivity contribution is 7.99. The van der Waals surface area contributed by atoms with E-state index < -0.39 is 0 Å². The van der Waals surface area contributed by atoms with Crippen LogP contribution >= 0.6 is 11.8 Å². The Morgan fingerprint density at radius 3 is 2.36 bits per heavy atom. The van der Waals surface area contributed by atoms with Crippen molar-refractivity contribution in [1.29, 1.82) is 0 Å². The summed E-state index contributed by atoms with van der Waals surface area (Å²) in [6, 6.07) is 16.3. The minimum atomic E-state index is 0.0180. The van der Waals surface area contributed by atoms with Crippen LogP contribution < -0.4 is 5.84 Å². The van der Waals surface area contributed by atoms with Crippen LogP contribution in [0.5, 0.6) is 0 Å². The monoisotopic (exact) mass is 395 g/mol. The molecule has 0 radical (unpaired) electrons. The molecule has 3 rings (SSSR count). The number of hydrogen-bond donors (Lipinski definition) is 1. The summed E-state index contributed by atoms with van der Waals surface area (Å²) in [4.78, 5) is 14.2. The molecule has 0 saturated heterocycles. The predicted molar refractivity (Wildman–Crippen MR) is 113 cm³/mol. The summed E-state index contributed by atoms with van der Waals surface area (Å²) in [6.07, 6.45) is 1.01. The van der Waals surface area contributed by atoms with Crippen LogP contribution in [0.15, 0.2) is 53.7 Å². The number of nitrogen functional groups attached to an aromatic ring is 1. The van der Waals surface area contributed by atoms with Gasteiger partial charge in [-0.25, -0.2) is 4.68 Å². The number of nitrogens with zero attached hydrogens (tertiary/aromatic N) is 4. The van der Waals surface area contributed by atoms with Crippen molar-refractivity contribution < 1.29 is 4.79 Å². The van der Waals surface area contributed by atoms with Gasteiger partial charge < -0.3 is 10.7 Å². The van der Waals surface area contributed by atoms with Crippen molar-refractivity contribution in [3.63, 3.8) is 0 Å². The van der Waals surface area contributed by atoms with Crippen LogP contribution in [-0.4, -0.2) is 38.5 Å². The molecule has 7 heteroatoms. The number of benzene rings is 2. The Morgan fingerprint density at radius 1 is 1.07 bits per heavy atom. The van der Waals surface area contributed by atoms with Crippen LogP contribution in [0.2, 0.25) is 0 Å². The second kappa shape index (κ2) is 8.93. The van der Waals surface area contributed by atoms with Gasteiger partial charge in [0.25, 0.3) is 0 Å². The van der Waals surface area contributed by atoms with Crippen molar-refractivity contribution in [2.75, 3.05) is 18.6 Å². The van der Waals surface area contributed by atoms with Crippen molar-refractivity contribution in [3.05, 3.63) is 65.2 Å². The van der Waals surface area contributed by atoms with E-state index >= 15 is 0 Å². The molecule has 0 bridgehead atoms. The number of thioether (sulfide) groups is 1. The van der Waals surface area contributed by atoms with E-state index in [0.29, 0.717) is 17.5 Å². The first-order chi connectivity index (χ1) is 13.5. The van der Waals surface area contributed by atoms with Gasteiger partial charge in [-0.05, 0) is 24.5 Å². The average Bonchev–Trinajstić information content (AvgIpc) is 3.07. The van der Waals surface area contributed by atoms with Gasteiger partial charge in [0, 0.05) is 19.2 Å². The van der Waals surface area contributed by atoms with Crippen LogP contribution in [0, 0.1) is 6.92 Å². The summed E-state index contributed by atoms with van der Waals surface area (Å²) in [5.41, 5.74) is 4.47. The number of aryl methyl sites for hydroxylation is 2. The van der Waals surface area contributed by atoms with Crippen molar-refractivity contribution in [3.8, 4) is 11.4 Å². The van der Waals surface area contributed by atoms with Gasteiger partial charge in [-0.2, -0.15) is 0 Å². The Morgan fingerprint density at radius 2 is 1.71 bits per heavy atom. The smallest absolute Gasteiger partial charge is 0.233 e. The van der Waals surface area contributed by atoms with Gasteiger partial charge in [-0.1, -0.05) is 72.8 Å². The van der Waals surface area contributed by atoms with Crippen molar-refractivity contribution in [2.24, 2.45) is 0 Å². The molecule has 1 amide bonds. The van der Waals surface area contributed by atoms with E-state index in [1.54, 1.807) is 4.90 Å². The third-order valence-corrected chi connectivity index (χ3v) is 5.50. The summed E-state index contributed by atoms with van der Waals surface area (Å²) in [7, 11) is 1.81. The van der Waals surface area contributed by atoms with E-state index in [-0.39, 0.29) is 11.7 Å². The van der Waals surface area contributed by atoms with Gasteiger partial charge in [-0.3, -0.25) is 4.79 Å². The lowest BCUT2D eigenvalue weighted by molar-refractivity contribution is -0.127. The Labute approximate surface area is 169 Å². The molecular weight excluding hydrogens is 370 g/mol. The molecule has 0 atom stereocenters. The highest BCUT2D eigenvalue weighted by Crippen LogP contribution is 2.22. The first-order valence-electron chi connectivity index (χ1n) is 9.20. The van der Waals surface area contributed by atoms with Gasteiger partial charge in [0.1, 0.15) is 0 Å². The second-order valence-electron chi connectivity index (χ2n) is 6.75. The Hall–Kier alpha value is -2.80. The minimum absolute atomic E-state index is 0.0180. The first kappa shape index (κ1) is 19.9.